The van der Waals surface area contributed by atoms with Gasteiger partial charge >= 0.3 is 0 Å². The normalized spacial score (nSPS) is 25.4. The number of hydrogen-bond donors (Lipinski definition) is 0. The SMILES string of the molecule is CC(C)(C)[Si](C)(C)O[C@@H](C#N)[C@H]1O[C@@H]1[Si](C)(C)C(C)(C)C. The van der Waals surface area contributed by atoms with Gasteiger partial charge in [0.1, 0.15) is 6.10 Å². The van der Waals surface area contributed by atoms with E-state index >= 15 is 0 Å². The van der Waals surface area contributed by atoms with Gasteiger partial charge in [-0.15, -0.1) is 0 Å². The summed E-state index contributed by atoms with van der Waals surface area (Å²) in [6.45, 7) is 22.6. The zero-order valence-electron chi connectivity index (χ0n) is 15.5. The summed E-state index contributed by atoms with van der Waals surface area (Å²) in [6, 6.07) is 2.36. The van der Waals surface area contributed by atoms with E-state index in [4.69, 9.17) is 9.16 Å². The van der Waals surface area contributed by atoms with E-state index in [0.717, 1.165) is 0 Å². The maximum absolute atomic E-state index is 9.53. The summed E-state index contributed by atoms with van der Waals surface area (Å²) < 4.78 is 12.2. The molecule has 0 aromatic heterocycles. The molecule has 1 aliphatic rings. The molecule has 3 atom stereocenters. The maximum atomic E-state index is 9.53. The lowest BCUT2D eigenvalue weighted by atomic mass is 10.2. The average molecular weight is 328 g/mol. The first-order chi connectivity index (χ1) is 9.15. The molecule has 0 aromatic rings. The predicted octanol–water partition coefficient (Wildman–Crippen LogP) is 4.72. The van der Waals surface area contributed by atoms with Gasteiger partial charge in [0, 0.05) is 0 Å². The molecule has 1 saturated heterocycles. The summed E-state index contributed by atoms with van der Waals surface area (Å²) in [6.07, 6.45) is -0.435. The molecule has 122 valence electrons. The lowest BCUT2D eigenvalue weighted by Crippen LogP contribution is -2.48. The molecule has 1 aliphatic heterocycles. The second-order valence-electron chi connectivity index (χ2n) is 9.42. The van der Waals surface area contributed by atoms with Crippen LogP contribution in [0.4, 0.5) is 0 Å². The number of nitriles is 1. The molecule has 0 aliphatic carbocycles. The summed E-state index contributed by atoms with van der Waals surface area (Å²) in [7, 11) is -3.51. The van der Waals surface area contributed by atoms with Crippen LogP contribution in [0.3, 0.4) is 0 Å². The number of nitrogens with zero attached hydrogens (tertiary/aromatic N) is 1. The van der Waals surface area contributed by atoms with Crippen LogP contribution in [0.1, 0.15) is 41.5 Å². The zero-order valence-corrected chi connectivity index (χ0v) is 17.5. The Morgan fingerprint density at radius 3 is 1.81 bits per heavy atom. The van der Waals surface area contributed by atoms with Crippen LogP contribution in [0.2, 0.25) is 36.3 Å². The third-order valence-corrected chi connectivity index (χ3v) is 16.0. The Morgan fingerprint density at radius 2 is 1.48 bits per heavy atom. The van der Waals surface area contributed by atoms with E-state index in [2.05, 4.69) is 73.8 Å². The summed E-state index contributed by atoms with van der Waals surface area (Å²) in [4.78, 5) is 0. The Hall–Kier alpha value is -0.156. The molecule has 1 fully saturated rings. The van der Waals surface area contributed by atoms with Gasteiger partial charge in [-0.1, -0.05) is 54.6 Å². The van der Waals surface area contributed by atoms with Crippen LogP contribution in [-0.4, -0.2) is 34.3 Å². The summed E-state index contributed by atoms with van der Waals surface area (Å²) in [5, 5.41) is 9.92. The Morgan fingerprint density at radius 1 is 1.00 bits per heavy atom. The molecule has 0 saturated carbocycles. The second-order valence-corrected chi connectivity index (χ2v) is 19.7. The monoisotopic (exact) mass is 327 g/mol. The fourth-order valence-corrected chi connectivity index (χ4v) is 5.54. The van der Waals surface area contributed by atoms with Crippen LogP contribution in [0.5, 0.6) is 0 Å². The van der Waals surface area contributed by atoms with E-state index in [0.29, 0.717) is 0 Å². The van der Waals surface area contributed by atoms with Crippen molar-refractivity contribution < 1.29 is 9.16 Å². The fourth-order valence-electron chi connectivity index (χ4n) is 2.02. The summed E-state index contributed by atoms with van der Waals surface area (Å²) >= 11 is 0. The van der Waals surface area contributed by atoms with Crippen molar-refractivity contribution >= 4 is 16.4 Å². The molecule has 0 radical (unpaired) electrons. The van der Waals surface area contributed by atoms with Crippen molar-refractivity contribution in [2.75, 3.05) is 0 Å². The quantitative estimate of drug-likeness (QED) is 0.554. The molecule has 5 heteroatoms. The third-order valence-electron chi connectivity index (χ3n) is 5.82. The van der Waals surface area contributed by atoms with Gasteiger partial charge in [-0.25, -0.2) is 0 Å². The predicted molar refractivity (Wildman–Crippen MR) is 93.5 cm³/mol. The highest BCUT2D eigenvalue weighted by Gasteiger charge is 2.59. The lowest BCUT2D eigenvalue weighted by molar-refractivity contribution is 0.188. The lowest BCUT2D eigenvalue weighted by Gasteiger charge is -2.38. The van der Waals surface area contributed by atoms with E-state index in [-0.39, 0.29) is 21.9 Å². The molecule has 3 nitrogen and oxygen atoms in total. The van der Waals surface area contributed by atoms with Crippen molar-refractivity contribution in [3.8, 4) is 6.07 Å². The van der Waals surface area contributed by atoms with E-state index in [9.17, 15) is 5.26 Å². The molecule has 0 amide bonds. The number of epoxide rings is 1. The number of ether oxygens (including phenoxy) is 1. The first-order valence-electron chi connectivity index (χ1n) is 7.88. The van der Waals surface area contributed by atoms with Gasteiger partial charge in [0.2, 0.25) is 0 Å². The molecular formula is C16H33NO2Si2. The molecule has 0 aromatic carbocycles. The van der Waals surface area contributed by atoms with Crippen LogP contribution in [0.15, 0.2) is 0 Å². The maximum Gasteiger partial charge on any atom is 0.193 e. The van der Waals surface area contributed by atoms with Crippen molar-refractivity contribution in [3.05, 3.63) is 0 Å². The van der Waals surface area contributed by atoms with E-state index in [1.165, 1.54) is 0 Å². The van der Waals surface area contributed by atoms with E-state index < -0.39 is 22.5 Å². The van der Waals surface area contributed by atoms with Gasteiger partial charge in [-0.3, -0.25) is 0 Å². The first-order valence-corrected chi connectivity index (χ1v) is 13.9. The highest BCUT2D eigenvalue weighted by Crippen LogP contribution is 2.48. The van der Waals surface area contributed by atoms with Crippen LogP contribution in [0, 0.1) is 11.3 Å². The minimum Gasteiger partial charge on any atom is -0.399 e. The van der Waals surface area contributed by atoms with Crippen molar-refractivity contribution in [2.24, 2.45) is 0 Å². The minimum absolute atomic E-state index is 0.0231. The molecule has 0 unspecified atom stereocenters. The second kappa shape index (κ2) is 5.48. The molecule has 21 heavy (non-hydrogen) atoms. The fraction of sp³-hybridized carbons (Fsp3) is 0.938. The van der Waals surface area contributed by atoms with Gasteiger partial charge < -0.3 is 9.16 Å². The van der Waals surface area contributed by atoms with Crippen molar-refractivity contribution in [1.82, 2.24) is 0 Å². The van der Waals surface area contributed by atoms with Crippen LogP contribution < -0.4 is 0 Å². The Balaban J connectivity index is 2.82. The highest BCUT2D eigenvalue weighted by atomic mass is 28.4. The van der Waals surface area contributed by atoms with Crippen LogP contribution in [0.25, 0.3) is 0 Å². The largest absolute Gasteiger partial charge is 0.399 e. The van der Waals surface area contributed by atoms with Crippen LogP contribution in [-0.2, 0) is 9.16 Å². The van der Waals surface area contributed by atoms with Crippen molar-refractivity contribution in [3.63, 3.8) is 0 Å². The number of rotatable bonds is 4. The van der Waals surface area contributed by atoms with Crippen molar-refractivity contribution in [1.29, 1.82) is 5.26 Å². The molecule has 0 N–H and O–H groups in total. The molecule has 0 spiro atoms. The van der Waals surface area contributed by atoms with Crippen LogP contribution >= 0.6 is 0 Å². The minimum atomic E-state index is -1.93. The standard InChI is InChI=1S/C16H33NO2Si2/c1-15(2,3)20(7,8)14-13(18-14)12(11-17)19-21(9,10)16(4,5)6/h12-14H,1-10H3/t12-,13+,14+/m0/s1. The van der Waals surface area contributed by atoms with E-state index in [1.54, 1.807) is 0 Å². The number of hydrogen-bond acceptors (Lipinski definition) is 3. The molecular weight excluding hydrogens is 294 g/mol. The Kier molecular flexibility index (Phi) is 4.93. The molecule has 1 rings (SSSR count). The van der Waals surface area contributed by atoms with Gasteiger partial charge in [0.05, 0.1) is 19.9 Å². The van der Waals surface area contributed by atoms with Gasteiger partial charge in [-0.05, 0) is 23.2 Å². The topological polar surface area (TPSA) is 45.5 Å². The average Bonchev–Trinajstić information content (AvgIpc) is 3.02. The van der Waals surface area contributed by atoms with E-state index in [1.807, 2.05) is 0 Å². The zero-order chi connectivity index (χ0) is 16.9. The summed E-state index contributed by atoms with van der Waals surface area (Å²) in [5.74, 6) is 0. The molecule has 0 bridgehead atoms. The van der Waals surface area contributed by atoms with Gasteiger partial charge in [0.25, 0.3) is 0 Å². The Labute approximate surface area is 133 Å². The highest BCUT2D eigenvalue weighted by molar-refractivity contribution is 6.82. The third kappa shape index (κ3) is 3.79. The Bertz CT molecular complexity index is 427. The van der Waals surface area contributed by atoms with Gasteiger partial charge in [0.15, 0.2) is 14.4 Å². The first kappa shape index (κ1) is 18.9. The summed E-state index contributed by atoms with van der Waals surface area (Å²) in [5.41, 5.74) is 0.243. The van der Waals surface area contributed by atoms with Crippen molar-refractivity contribution in [2.45, 2.75) is 95.7 Å². The molecule has 1 heterocycles. The van der Waals surface area contributed by atoms with Gasteiger partial charge in [-0.2, -0.15) is 5.26 Å². The smallest absolute Gasteiger partial charge is 0.193 e.